The van der Waals surface area contributed by atoms with Crippen LogP contribution in [0.4, 0.5) is 5.69 Å². The van der Waals surface area contributed by atoms with Gasteiger partial charge >= 0.3 is 5.97 Å². The molecule has 0 saturated heterocycles. The number of allylic oxidation sites excluding steroid dienone is 2. The minimum Gasteiger partial charge on any atom is -0.466 e. The Hall–Kier alpha value is -4.46. The number of hydrogen-bond donors (Lipinski definition) is 1. The molecule has 8 nitrogen and oxygen atoms in total. The lowest BCUT2D eigenvalue weighted by atomic mass is 9.83. The predicted molar refractivity (Wildman–Crippen MR) is 119 cm³/mol. The fourth-order valence-corrected chi connectivity index (χ4v) is 4.49. The number of fused-ring (bicyclic) bond motifs is 2. The van der Waals surface area contributed by atoms with E-state index in [1.54, 1.807) is 49.4 Å². The lowest BCUT2D eigenvalue weighted by Crippen LogP contribution is -2.28. The standard InChI is InChI=1S/C25H18N2O6/c1-13-20(25(29)32-2)21(22-23(26-13)14-7-3-4-8-15(14)24(22)28)19-12-11-18(33-19)16-9-5-6-10-17(16)27(30)31/h3-12,21,26H,1-2H3/t21-/m0/s1. The molecule has 0 spiro atoms. The molecule has 3 aromatic rings. The van der Waals surface area contributed by atoms with Crippen molar-refractivity contribution in [3.8, 4) is 11.3 Å². The van der Waals surface area contributed by atoms with Gasteiger partial charge in [0, 0.05) is 28.5 Å². The molecule has 1 aromatic heterocycles. The lowest BCUT2D eigenvalue weighted by Gasteiger charge is -2.27. The number of hydrogen-bond acceptors (Lipinski definition) is 7. The summed E-state index contributed by atoms with van der Waals surface area (Å²) in [6.45, 7) is 1.74. The Labute approximate surface area is 188 Å². The van der Waals surface area contributed by atoms with E-state index in [4.69, 9.17) is 9.15 Å². The molecule has 0 radical (unpaired) electrons. The highest BCUT2D eigenvalue weighted by Gasteiger charge is 2.44. The van der Waals surface area contributed by atoms with Crippen LogP contribution in [0, 0.1) is 10.1 Å². The first-order valence-corrected chi connectivity index (χ1v) is 10.2. The molecular formula is C25H18N2O6. The van der Waals surface area contributed by atoms with Crippen molar-refractivity contribution in [3.05, 3.63) is 105 Å². The Morgan fingerprint density at radius 1 is 1.03 bits per heavy atom. The van der Waals surface area contributed by atoms with E-state index in [-0.39, 0.29) is 22.8 Å². The van der Waals surface area contributed by atoms with Crippen LogP contribution in [0.25, 0.3) is 17.0 Å². The number of esters is 1. The summed E-state index contributed by atoms with van der Waals surface area (Å²) < 4.78 is 11.1. The molecule has 0 bridgehead atoms. The first kappa shape index (κ1) is 20.4. The van der Waals surface area contributed by atoms with Gasteiger partial charge in [0.05, 0.1) is 34.8 Å². The molecule has 2 aliphatic rings. The summed E-state index contributed by atoms with van der Waals surface area (Å²) in [6, 6.07) is 16.7. The average molecular weight is 442 g/mol. The van der Waals surface area contributed by atoms with E-state index in [1.165, 1.54) is 13.2 Å². The van der Waals surface area contributed by atoms with Crippen LogP contribution in [0.1, 0.15) is 34.5 Å². The Kier molecular flexibility index (Phi) is 4.70. The Bertz CT molecular complexity index is 1410. The van der Waals surface area contributed by atoms with Gasteiger partial charge in [0.15, 0.2) is 5.78 Å². The largest absolute Gasteiger partial charge is 0.466 e. The highest BCUT2D eigenvalue weighted by molar-refractivity contribution is 6.23. The van der Waals surface area contributed by atoms with Crippen LogP contribution in [0.2, 0.25) is 0 Å². The zero-order valence-electron chi connectivity index (χ0n) is 17.7. The van der Waals surface area contributed by atoms with Crippen LogP contribution in [0.3, 0.4) is 0 Å². The molecular weight excluding hydrogens is 424 g/mol. The molecule has 8 heteroatoms. The fraction of sp³-hybridized carbons (Fsp3) is 0.120. The molecule has 1 atom stereocenters. The summed E-state index contributed by atoms with van der Waals surface area (Å²) in [5.74, 6) is -1.05. The number of dihydropyridines is 1. The summed E-state index contributed by atoms with van der Waals surface area (Å²) >= 11 is 0. The van der Waals surface area contributed by atoms with Gasteiger partial charge in [0.2, 0.25) is 0 Å². The minimum absolute atomic E-state index is 0.104. The number of methoxy groups -OCH3 is 1. The smallest absolute Gasteiger partial charge is 0.336 e. The Morgan fingerprint density at radius 2 is 1.70 bits per heavy atom. The molecule has 33 heavy (non-hydrogen) atoms. The van der Waals surface area contributed by atoms with Gasteiger partial charge in [-0.1, -0.05) is 36.4 Å². The van der Waals surface area contributed by atoms with E-state index in [1.807, 2.05) is 12.1 Å². The summed E-state index contributed by atoms with van der Waals surface area (Å²) in [5.41, 5.74) is 3.27. The van der Waals surface area contributed by atoms with Crippen molar-refractivity contribution in [1.82, 2.24) is 5.32 Å². The molecule has 1 N–H and O–H groups in total. The van der Waals surface area contributed by atoms with Crippen molar-refractivity contribution in [3.63, 3.8) is 0 Å². The van der Waals surface area contributed by atoms with Crippen molar-refractivity contribution in [2.24, 2.45) is 0 Å². The SMILES string of the molecule is COC(=O)C1=C(C)NC2=C(C(=O)c3ccccc32)[C@H]1c1ccc(-c2ccccc2[N+](=O)[O-])o1. The maximum absolute atomic E-state index is 13.4. The third-order valence-corrected chi connectivity index (χ3v) is 5.93. The maximum Gasteiger partial charge on any atom is 0.336 e. The quantitative estimate of drug-likeness (QED) is 0.357. The number of ether oxygens (including phenoxy) is 1. The van der Waals surface area contributed by atoms with Crippen LogP contribution in [-0.4, -0.2) is 23.8 Å². The number of benzene rings is 2. The lowest BCUT2D eigenvalue weighted by molar-refractivity contribution is -0.384. The van der Waals surface area contributed by atoms with Gasteiger partial charge < -0.3 is 14.5 Å². The third-order valence-electron chi connectivity index (χ3n) is 5.93. The van der Waals surface area contributed by atoms with Crippen LogP contribution in [-0.2, 0) is 9.53 Å². The molecule has 0 amide bonds. The molecule has 5 rings (SSSR count). The molecule has 1 aliphatic heterocycles. The number of ketones is 1. The Morgan fingerprint density at radius 3 is 2.39 bits per heavy atom. The van der Waals surface area contributed by atoms with E-state index in [2.05, 4.69) is 5.32 Å². The van der Waals surface area contributed by atoms with Crippen molar-refractivity contribution < 1.29 is 23.7 Å². The number of nitro groups is 1. The number of nitrogens with zero attached hydrogens (tertiary/aromatic N) is 1. The Balaban J connectivity index is 1.69. The number of rotatable bonds is 4. The summed E-state index contributed by atoms with van der Waals surface area (Å²) in [5, 5.41) is 14.7. The summed E-state index contributed by atoms with van der Waals surface area (Å²) in [4.78, 5) is 37.2. The van der Waals surface area contributed by atoms with Crippen LogP contribution in [0.15, 0.2) is 81.9 Å². The van der Waals surface area contributed by atoms with Crippen molar-refractivity contribution >= 4 is 23.1 Å². The highest BCUT2D eigenvalue weighted by Crippen LogP contribution is 2.47. The molecule has 2 aromatic carbocycles. The number of carbonyl (C=O) groups excluding carboxylic acids is 2. The molecule has 0 saturated carbocycles. The minimum atomic E-state index is -0.829. The number of furan rings is 1. The summed E-state index contributed by atoms with van der Waals surface area (Å²) in [6.07, 6.45) is 0. The van der Waals surface area contributed by atoms with Crippen LogP contribution < -0.4 is 5.32 Å². The summed E-state index contributed by atoms with van der Waals surface area (Å²) in [7, 11) is 1.27. The molecule has 0 fully saturated rings. The van der Waals surface area contributed by atoms with E-state index < -0.39 is 16.8 Å². The van der Waals surface area contributed by atoms with E-state index in [9.17, 15) is 19.7 Å². The number of carbonyl (C=O) groups is 2. The van der Waals surface area contributed by atoms with Gasteiger partial charge in [-0.3, -0.25) is 14.9 Å². The molecule has 164 valence electrons. The zero-order valence-corrected chi connectivity index (χ0v) is 17.7. The predicted octanol–water partition coefficient (Wildman–Crippen LogP) is 4.60. The van der Waals surface area contributed by atoms with Gasteiger partial charge in [0.1, 0.15) is 11.5 Å². The van der Waals surface area contributed by atoms with E-state index >= 15 is 0 Å². The van der Waals surface area contributed by atoms with Crippen molar-refractivity contribution in [1.29, 1.82) is 0 Å². The van der Waals surface area contributed by atoms with Gasteiger partial charge in [-0.2, -0.15) is 0 Å². The maximum atomic E-state index is 13.4. The highest BCUT2D eigenvalue weighted by atomic mass is 16.6. The normalized spacial score (nSPS) is 16.9. The molecule has 2 heterocycles. The first-order valence-electron chi connectivity index (χ1n) is 10.2. The number of Topliss-reactive ketones (excluding diaryl/α,β-unsaturated/α-hetero) is 1. The monoisotopic (exact) mass is 442 g/mol. The third kappa shape index (κ3) is 3.07. The van der Waals surface area contributed by atoms with E-state index in [0.717, 1.165) is 5.56 Å². The second-order valence-electron chi connectivity index (χ2n) is 7.73. The zero-order chi connectivity index (χ0) is 23.3. The second-order valence-corrected chi connectivity index (χ2v) is 7.73. The van der Waals surface area contributed by atoms with Gasteiger partial charge in [-0.25, -0.2) is 4.79 Å². The van der Waals surface area contributed by atoms with Crippen LogP contribution in [0.5, 0.6) is 0 Å². The topological polar surface area (TPSA) is 112 Å². The number of nitro benzene ring substituents is 1. The van der Waals surface area contributed by atoms with E-state index in [0.29, 0.717) is 33.9 Å². The number of nitrogens with one attached hydrogen (secondary N) is 1. The van der Waals surface area contributed by atoms with Gasteiger partial charge in [-0.15, -0.1) is 0 Å². The van der Waals surface area contributed by atoms with Gasteiger partial charge in [0.25, 0.3) is 5.69 Å². The molecule has 0 unspecified atom stereocenters. The van der Waals surface area contributed by atoms with Gasteiger partial charge in [-0.05, 0) is 25.1 Å². The molecule has 1 aliphatic carbocycles. The number of para-hydroxylation sites is 1. The van der Waals surface area contributed by atoms with Crippen LogP contribution >= 0.6 is 0 Å². The average Bonchev–Trinajstić information content (AvgIpc) is 3.42. The second kappa shape index (κ2) is 7.59. The first-order chi connectivity index (χ1) is 15.9. The van der Waals surface area contributed by atoms with Crippen molar-refractivity contribution in [2.75, 3.05) is 7.11 Å². The van der Waals surface area contributed by atoms with Crippen molar-refractivity contribution in [2.45, 2.75) is 12.8 Å². The fourth-order valence-electron chi connectivity index (χ4n) is 4.49.